The van der Waals surface area contributed by atoms with Gasteiger partial charge < -0.3 is 14.8 Å². The van der Waals surface area contributed by atoms with E-state index in [0.29, 0.717) is 25.4 Å². The Morgan fingerprint density at radius 2 is 2.29 bits per heavy atom. The number of amides is 1. The van der Waals surface area contributed by atoms with Gasteiger partial charge in [0.05, 0.1) is 19.1 Å². The molecule has 6 heteroatoms. The number of hydrogen-bond donors (Lipinski definition) is 1. The summed E-state index contributed by atoms with van der Waals surface area (Å²) in [6.45, 7) is 0.912. The first-order valence-electron chi connectivity index (χ1n) is 7.89. The van der Waals surface area contributed by atoms with Crippen LogP contribution in [0.2, 0.25) is 0 Å². The average molecular weight is 330 g/mol. The fourth-order valence-electron chi connectivity index (χ4n) is 2.65. The highest BCUT2D eigenvalue weighted by atomic mass is 19.1. The van der Waals surface area contributed by atoms with Crippen LogP contribution in [-0.4, -0.2) is 36.3 Å². The molecule has 1 saturated heterocycles. The van der Waals surface area contributed by atoms with E-state index in [2.05, 4.69) is 10.3 Å². The Bertz CT molecular complexity index is 681. The van der Waals surface area contributed by atoms with Gasteiger partial charge in [-0.05, 0) is 30.2 Å². The third kappa shape index (κ3) is 4.52. The van der Waals surface area contributed by atoms with E-state index in [1.54, 1.807) is 30.6 Å². The maximum absolute atomic E-state index is 13.3. The molecule has 1 aliphatic heterocycles. The van der Waals surface area contributed by atoms with Crippen molar-refractivity contribution in [1.29, 1.82) is 0 Å². The van der Waals surface area contributed by atoms with Crippen LogP contribution in [0.3, 0.4) is 0 Å². The molecule has 1 aromatic heterocycles. The lowest BCUT2D eigenvalue weighted by atomic mass is 10.1. The zero-order valence-corrected chi connectivity index (χ0v) is 13.2. The molecule has 0 unspecified atom stereocenters. The molecule has 1 aromatic carbocycles. The molecule has 2 aromatic rings. The molecule has 1 fully saturated rings. The lowest BCUT2D eigenvalue weighted by Crippen LogP contribution is -2.51. The topological polar surface area (TPSA) is 60.5 Å². The fraction of sp³-hybridized carbons (Fsp3) is 0.333. The van der Waals surface area contributed by atoms with Crippen LogP contribution in [0.25, 0.3) is 0 Å². The molecule has 24 heavy (non-hydrogen) atoms. The molecular formula is C18H19FN2O3. The van der Waals surface area contributed by atoms with Crippen LogP contribution in [-0.2, 0) is 16.0 Å². The molecule has 0 aliphatic carbocycles. The fourth-order valence-corrected chi connectivity index (χ4v) is 2.65. The lowest BCUT2D eigenvalue weighted by molar-refractivity contribution is -0.123. The number of hydrogen-bond acceptors (Lipinski definition) is 4. The summed E-state index contributed by atoms with van der Waals surface area (Å²) in [6, 6.07) is 9.44. The third-order valence-electron chi connectivity index (χ3n) is 3.82. The van der Waals surface area contributed by atoms with Crippen molar-refractivity contribution in [2.24, 2.45) is 0 Å². The highest BCUT2D eigenvalue weighted by Gasteiger charge is 2.29. The molecule has 0 spiro atoms. The molecule has 1 aliphatic rings. The number of ether oxygens (including phenoxy) is 2. The Labute approximate surface area is 139 Å². The standard InChI is InChI=1S/C18H19FN2O3/c19-14-4-1-5-15(10-14)24-17-12-23-8-6-16(17)21-18(22)9-13-3-2-7-20-11-13/h1-5,7,10-11,16-17H,6,8-9,12H2,(H,21,22)/t16-,17-/m1/s1. The van der Waals surface area contributed by atoms with Gasteiger partial charge >= 0.3 is 0 Å². The van der Waals surface area contributed by atoms with Crippen molar-refractivity contribution >= 4 is 5.91 Å². The van der Waals surface area contributed by atoms with Crippen LogP contribution in [0.15, 0.2) is 48.8 Å². The first kappa shape index (κ1) is 16.4. The number of aromatic nitrogens is 1. The zero-order chi connectivity index (χ0) is 16.8. The van der Waals surface area contributed by atoms with E-state index in [4.69, 9.17) is 9.47 Å². The monoisotopic (exact) mass is 330 g/mol. The summed E-state index contributed by atoms with van der Waals surface area (Å²) >= 11 is 0. The van der Waals surface area contributed by atoms with Gasteiger partial charge in [0.1, 0.15) is 17.7 Å². The van der Waals surface area contributed by atoms with Gasteiger partial charge in [-0.3, -0.25) is 9.78 Å². The van der Waals surface area contributed by atoms with Crippen molar-refractivity contribution in [2.45, 2.75) is 25.0 Å². The molecule has 1 N–H and O–H groups in total. The number of nitrogens with zero attached hydrogens (tertiary/aromatic N) is 1. The molecular weight excluding hydrogens is 311 g/mol. The molecule has 2 atom stereocenters. The van der Waals surface area contributed by atoms with Gasteiger partial charge in [0, 0.05) is 25.1 Å². The van der Waals surface area contributed by atoms with Crippen LogP contribution in [0.1, 0.15) is 12.0 Å². The Morgan fingerprint density at radius 1 is 1.38 bits per heavy atom. The summed E-state index contributed by atoms with van der Waals surface area (Å²) in [5, 5.41) is 2.99. The minimum Gasteiger partial charge on any atom is -0.486 e. The molecule has 0 bridgehead atoms. The maximum atomic E-state index is 13.3. The predicted molar refractivity (Wildman–Crippen MR) is 86.1 cm³/mol. The summed E-state index contributed by atoms with van der Waals surface area (Å²) < 4.78 is 24.5. The van der Waals surface area contributed by atoms with Crippen molar-refractivity contribution in [3.05, 3.63) is 60.2 Å². The Kier molecular flexibility index (Phi) is 5.38. The van der Waals surface area contributed by atoms with Gasteiger partial charge in [0.15, 0.2) is 0 Å². The van der Waals surface area contributed by atoms with Crippen LogP contribution in [0.5, 0.6) is 5.75 Å². The van der Waals surface area contributed by atoms with E-state index < -0.39 is 0 Å². The van der Waals surface area contributed by atoms with E-state index in [-0.39, 0.29) is 30.3 Å². The van der Waals surface area contributed by atoms with Crippen molar-refractivity contribution in [3.8, 4) is 5.75 Å². The largest absolute Gasteiger partial charge is 0.486 e. The second-order valence-electron chi connectivity index (χ2n) is 5.69. The van der Waals surface area contributed by atoms with Crippen LogP contribution < -0.4 is 10.1 Å². The minimum atomic E-state index is -0.360. The molecule has 0 saturated carbocycles. The van der Waals surface area contributed by atoms with Crippen molar-refractivity contribution in [2.75, 3.05) is 13.2 Å². The highest BCUT2D eigenvalue weighted by Crippen LogP contribution is 2.19. The van der Waals surface area contributed by atoms with E-state index in [1.807, 2.05) is 6.07 Å². The first-order chi connectivity index (χ1) is 11.7. The second kappa shape index (κ2) is 7.88. The highest BCUT2D eigenvalue weighted by molar-refractivity contribution is 5.78. The van der Waals surface area contributed by atoms with Gasteiger partial charge in [-0.1, -0.05) is 12.1 Å². The number of rotatable bonds is 5. The van der Waals surface area contributed by atoms with Crippen molar-refractivity contribution in [1.82, 2.24) is 10.3 Å². The van der Waals surface area contributed by atoms with E-state index in [1.165, 1.54) is 12.1 Å². The van der Waals surface area contributed by atoms with Crippen LogP contribution in [0.4, 0.5) is 4.39 Å². The predicted octanol–water partition coefficient (Wildman–Crippen LogP) is 2.12. The summed E-state index contributed by atoms with van der Waals surface area (Å²) in [7, 11) is 0. The van der Waals surface area contributed by atoms with Gasteiger partial charge in [-0.15, -0.1) is 0 Å². The van der Waals surface area contributed by atoms with Crippen molar-refractivity contribution < 1.29 is 18.7 Å². The quantitative estimate of drug-likeness (QED) is 0.912. The summed E-state index contributed by atoms with van der Waals surface area (Å²) in [5.74, 6) is -0.0267. The van der Waals surface area contributed by atoms with Gasteiger partial charge in [-0.25, -0.2) is 4.39 Å². The molecule has 1 amide bonds. The Hall–Kier alpha value is -2.47. The van der Waals surface area contributed by atoms with Gasteiger partial charge in [0.2, 0.25) is 5.91 Å². The number of halogens is 1. The van der Waals surface area contributed by atoms with E-state index in [9.17, 15) is 9.18 Å². The maximum Gasteiger partial charge on any atom is 0.224 e. The summed E-state index contributed by atoms with van der Waals surface area (Å²) in [5.41, 5.74) is 0.852. The SMILES string of the molecule is O=C(Cc1cccnc1)N[C@@H]1CCOC[C@H]1Oc1cccc(F)c1. The van der Waals surface area contributed by atoms with Gasteiger partial charge in [-0.2, -0.15) is 0 Å². The second-order valence-corrected chi connectivity index (χ2v) is 5.69. The normalized spacial score (nSPS) is 20.4. The smallest absolute Gasteiger partial charge is 0.224 e. The Balaban J connectivity index is 1.60. The summed E-state index contributed by atoms with van der Waals surface area (Å²) in [6.07, 6.45) is 3.90. The molecule has 2 heterocycles. The molecule has 3 rings (SSSR count). The molecule has 126 valence electrons. The number of carbonyl (C=O) groups excluding carboxylic acids is 1. The van der Waals surface area contributed by atoms with Crippen LogP contribution >= 0.6 is 0 Å². The van der Waals surface area contributed by atoms with Gasteiger partial charge in [0.25, 0.3) is 0 Å². The number of pyridine rings is 1. The van der Waals surface area contributed by atoms with Crippen molar-refractivity contribution in [3.63, 3.8) is 0 Å². The summed E-state index contributed by atoms with van der Waals surface area (Å²) in [4.78, 5) is 16.2. The first-order valence-corrected chi connectivity index (χ1v) is 7.89. The number of carbonyl (C=O) groups is 1. The number of benzene rings is 1. The van der Waals surface area contributed by atoms with Crippen LogP contribution in [0, 0.1) is 5.82 Å². The lowest BCUT2D eigenvalue weighted by Gasteiger charge is -2.32. The van der Waals surface area contributed by atoms with E-state index in [0.717, 1.165) is 5.56 Å². The third-order valence-corrected chi connectivity index (χ3v) is 3.82. The average Bonchev–Trinajstić information content (AvgIpc) is 2.57. The molecule has 0 radical (unpaired) electrons. The zero-order valence-electron chi connectivity index (χ0n) is 13.2. The molecule has 5 nitrogen and oxygen atoms in total. The number of nitrogens with one attached hydrogen (secondary N) is 1. The Morgan fingerprint density at radius 3 is 3.08 bits per heavy atom. The van der Waals surface area contributed by atoms with E-state index >= 15 is 0 Å². The minimum absolute atomic E-state index is 0.0947.